The van der Waals surface area contributed by atoms with Gasteiger partial charge in [-0.05, 0) is 42.5 Å². The molecule has 0 atom stereocenters. The lowest BCUT2D eigenvalue weighted by Crippen LogP contribution is -2.50. The Morgan fingerprint density at radius 3 is 1.95 bits per heavy atom. The molecule has 0 fully saturated rings. The van der Waals surface area contributed by atoms with E-state index in [9.17, 15) is 57.9 Å². The van der Waals surface area contributed by atoms with Crippen LogP contribution in [0.3, 0.4) is 0 Å². The van der Waals surface area contributed by atoms with Crippen LogP contribution < -0.4 is 8.83 Å². The standard InChI is InChI=1S/C24H12BrClF11N3O2/c1-39(20(42)13-3-2-8-38-18(13)26)17-9-11(4-6-15(17)27)19(41)40(25)16-7-5-12(10-14(16)22(29,30)31)21(28,23(32,33)34)24(35,36)37/h2-10H,1H3. The number of carbonyl (C=O) groups excluding carboxylic acids is 2. The van der Waals surface area contributed by atoms with E-state index in [-0.39, 0.29) is 26.8 Å². The largest absolute Gasteiger partial charge is 0.435 e. The molecule has 2 aromatic carbocycles. The third-order valence-electron chi connectivity index (χ3n) is 5.72. The Balaban J connectivity index is 2.08. The molecule has 0 spiro atoms. The maximum absolute atomic E-state index is 14.6. The van der Waals surface area contributed by atoms with Crippen LogP contribution in [0.15, 0.2) is 54.7 Å². The van der Waals surface area contributed by atoms with Crippen LogP contribution in [0.25, 0.3) is 0 Å². The first-order valence-corrected chi connectivity index (χ1v) is 11.9. The van der Waals surface area contributed by atoms with Crippen LogP contribution in [-0.2, 0) is 11.8 Å². The Bertz CT molecular complexity index is 1510. The van der Waals surface area contributed by atoms with Crippen LogP contribution in [0, 0.1) is 5.82 Å². The first kappa shape index (κ1) is 33.0. The van der Waals surface area contributed by atoms with Gasteiger partial charge in [-0.1, -0.05) is 17.7 Å². The fraction of sp³-hybridized carbons (Fsp3) is 0.208. The molecule has 0 unspecified atom stereocenters. The van der Waals surface area contributed by atoms with Crippen LogP contribution in [0.5, 0.6) is 0 Å². The summed E-state index contributed by atoms with van der Waals surface area (Å²) in [5.74, 6) is -3.43. The Hall–Kier alpha value is -3.47. The molecular formula is C24H12BrClF11N3O2. The summed E-state index contributed by atoms with van der Waals surface area (Å²) in [6, 6.07) is 3.82. The van der Waals surface area contributed by atoms with E-state index < -0.39 is 76.0 Å². The maximum Gasteiger partial charge on any atom is 0.435 e. The van der Waals surface area contributed by atoms with Gasteiger partial charge in [-0.25, -0.2) is 17.7 Å². The van der Waals surface area contributed by atoms with Crippen molar-refractivity contribution in [1.82, 2.24) is 4.98 Å². The van der Waals surface area contributed by atoms with Gasteiger partial charge >= 0.3 is 24.2 Å². The number of halogens is 13. The van der Waals surface area contributed by atoms with Gasteiger partial charge in [0.1, 0.15) is 11.0 Å². The molecular weight excluding hydrogens is 687 g/mol. The van der Waals surface area contributed by atoms with E-state index in [1.54, 1.807) is 0 Å². The zero-order valence-electron chi connectivity index (χ0n) is 20.3. The van der Waals surface area contributed by atoms with Gasteiger partial charge in [-0.3, -0.25) is 9.59 Å². The number of nitrogens with zero attached hydrogens (tertiary/aromatic N) is 3. The first-order chi connectivity index (χ1) is 19.1. The summed E-state index contributed by atoms with van der Waals surface area (Å²) in [6.07, 6.45) is -17.8. The number of rotatable bonds is 5. The van der Waals surface area contributed by atoms with Crippen molar-refractivity contribution < 1.29 is 57.9 Å². The van der Waals surface area contributed by atoms with Crippen LogP contribution in [-0.4, -0.2) is 36.2 Å². The molecule has 18 heteroatoms. The number of aromatic nitrogens is 1. The highest BCUT2D eigenvalue weighted by Crippen LogP contribution is 2.54. The maximum atomic E-state index is 14.6. The molecule has 3 rings (SSSR count). The molecule has 0 bridgehead atoms. The van der Waals surface area contributed by atoms with E-state index in [2.05, 4.69) is 21.1 Å². The van der Waals surface area contributed by atoms with Crippen molar-refractivity contribution in [2.45, 2.75) is 24.2 Å². The van der Waals surface area contributed by atoms with E-state index in [0.29, 0.717) is 11.0 Å². The molecule has 3 aromatic rings. The molecule has 1 aromatic heterocycles. The number of pyridine rings is 1. The summed E-state index contributed by atoms with van der Waals surface area (Å²) in [6.45, 7) is 0. The van der Waals surface area contributed by atoms with Gasteiger partial charge in [0.25, 0.3) is 11.8 Å². The zero-order chi connectivity index (χ0) is 32.0. The van der Waals surface area contributed by atoms with Crippen molar-refractivity contribution >= 4 is 50.9 Å². The number of anilines is 2. The number of alkyl halides is 10. The SMILES string of the molecule is CN(C(=O)c1cccnc1Cl)c1cc(C(=O)N(Br)c2ccc(C(F)(C(F)(F)F)C(F)(F)F)cc2C(F)(F)F)ccc1F. The summed E-state index contributed by atoms with van der Waals surface area (Å²) in [7, 11) is 1.06. The van der Waals surface area contributed by atoms with E-state index in [0.717, 1.165) is 19.2 Å². The molecule has 0 saturated heterocycles. The summed E-state index contributed by atoms with van der Waals surface area (Å²) < 4.78 is 149. The van der Waals surface area contributed by atoms with Crippen molar-refractivity contribution in [1.29, 1.82) is 0 Å². The molecule has 1 heterocycles. The zero-order valence-corrected chi connectivity index (χ0v) is 22.6. The topological polar surface area (TPSA) is 53.5 Å². The van der Waals surface area contributed by atoms with E-state index in [4.69, 9.17) is 11.6 Å². The number of hydrogen-bond acceptors (Lipinski definition) is 3. The predicted molar refractivity (Wildman–Crippen MR) is 130 cm³/mol. The lowest BCUT2D eigenvalue weighted by Gasteiger charge is -2.31. The lowest BCUT2D eigenvalue weighted by atomic mass is 9.92. The number of amides is 2. The normalized spacial score (nSPS) is 12.7. The number of carbonyl (C=O) groups is 2. The van der Waals surface area contributed by atoms with Gasteiger partial charge in [0.05, 0.1) is 38.6 Å². The van der Waals surface area contributed by atoms with Crippen LogP contribution in [0.2, 0.25) is 5.15 Å². The minimum absolute atomic E-state index is 0.0114. The molecule has 0 saturated carbocycles. The molecule has 0 aliphatic heterocycles. The fourth-order valence-electron chi connectivity index (χ4n) is 3.60. The molecule has 0 N–H and O–H groups in total. The van der Waals surface area contributed by atoms with Gasteiger partial charge < -0.3 is 4.90 Å². The van der Waals surface area contributed by atoms with Gasteiger partial charge in [0.2, 0.25) is 0 Å². The Labute approximate surface area is 241 Å². The Morgan fingerprint density at radius 2 is 1.43 bits per heavy atom. The monoisotopic (exact) mass is 697 g/mol. The second-order valence-electron chi connectivity index (χ2n) is 8.34. The van der Waals surface area contributed by atoms with E-state index >= 15 is 0 Å². The molecule has 0 aliphatic rings. The second-order valence-corrected chi connectivity index (χ2v) is 9.41. The molecule has 42 heavy (non-hydrogen) atoms. The molecule has 0 radical (unpaired) electrons. The molecule has 0 aliphatic carbocycles. The van der Waals surface area contributed by atoms with E-state index in [1.807, 2.05) is 0 Å². The molecule has 5 nitrogen and oxygen atoms in total. The van der Waals surface area contributed by atoms with E-state index in [1.165, 1.54) is 18.3 Å². The van der Waals surface area contributed by atoms with Gasteiger partial charge in [-0.2, -0.15) is 39.5 Å². The van der Waals surface area contributed by atoms with Crippen molar-refractivity contribution in [3.8, 4) is 0 Å². The molecule has 226 valence electrons. The fourth-order valence-corrected chi connectivity index (χ4v) is 4.31. The predicted octanol–water partition coefficient (Wildman–Crippen LogP) is 8.42. The second kappa shape index (κ2) is 11.3. The average Bonchev–Trinajstić information content (AvgIpc) is 2.89. The average molecular weight is 699 g/mol. The van der Waals surface area contributed by atoms with Crippen molar-refractivity contribution in [2.24, 2.45) is 0 Å². The summed E-state index contributed by atoms with van der Waals surface area (Å²) in [5, 5.41) is -0.259. The minimum Gasteiger partial charge on any atom is -0.309 e. The van der Waals surface area contributed by atoms with Gasteiger partial charge in [0.15, 0.2) is 0 Å². The molecule has 2 amide bonds. The third-order valence-corrected chi connectivity index (χ3v) is 6.72. The van der Waals surface area contributed by atoms with Crippen molar-refractivity contribution in [3.05, 3.63) is 88.0 Å². The smallest absolute Gasteiger partial charge is 0.309 e. The summed E-state index contributed by atoms with van der Waals surface area (Å²) in [5.41, 5.74) is -13.6. The van der Waals surface area contributed by atoms with Crippen molar-refractivity contribution in [2.75, 3.05) is 15.9 Å². The van der Waals surface area contributed by atoms with Gasteiger partial charge in [0, 0.05) is 24.4 Å². The van der Waals surface area contributed by atoms with Gasteiger partial charge in [-0.15, -0.1) is 0 Å². The highest BCUT2D eigenvalue weighted by molar-refractivity contribution is 9.10. The Kier molecular flexibility index (Phi) is 8.90. The highest BCUT2D eigenvalue weighted by Gasteiger charge is 2.73. The first-order valence-electron chi connectivity index (χ1n) is 10.8. The Morgan fingerprint density at radius 1 is 0.833 bits per heavy atom. The quantitative estimate of drug-likeness (QED) is 0.153. The number of hydrogen-bond donors (Lipinski definition) is 0. The van der Waals surface area contributed by atoms with Crippen LogP contribution >= 0.6 is 27.7 Å². The van der Waals surface area contributed by atoms with Crippen molar-refractivity contribution in [3.63, 3.8) is 0 Å². The summed E-state index contributed by atoms with van der Waals surface area (Å²) in [4.78, 5) is 30.2. The third kappa shape index (κ3) is 6.02. The van der Waals surface area contributed by atoms with Crippen LogP contribution in [0.4, 0.5) is 59.7 Å². The number of benzene rings is 2. The minimum atomic E-state index is -6.70. The van der Waals surface area contributed by atoms with Crippen LogP contribution in [0.1, 0.15) is 31.8 Å². The highest BCUT2D eigenvalue weighted by atomic mass is 79.9. The summed E-state index contributed by atoms with van der Waals surface area (Å²) >= 11 is 8.35. The lowest BCUT2D eigenvalue weighted by molar-refractivity contribution is -0.348.